The summed E-state index contributed by atoms with van der Waals surface area (Å²) in [5, 5.41) is 0. The van der Waals surface area contributed by atoms with E-state index in [1.54, 1.807) is 5.57 Å². The second-order valence-electron chi connectivity index (χ2n) is 15.7. The molecule has 0 N–H and O–H groups in total. The summed E-state index contributed by atoms with van der Waals surface area (Å²) in [4.78, 5) is 12.9. The SMILES string of the molecule is CC(C)CCC[C@@H](C)[C@H]1CC[C@H]2[C@@H]3CC=C4C[C@H](n5cc[n+](CC(=O)c6cccc(Br)c6)c5)CC[C@]4(C)[C@H]3CC[C@]12C. The van der Waals surface area contributed by atoms with Gasteiger partial charge in [-0.2, -0.15) is 0 Å². The van der Waals surface area contributed by atoms with Crippen LogP contribution in [0.15, 0.2) is 59.1 Å². The van der Waals surface area contributed by atoms with Crippen molar-refractivity contribution in [1.82, 2.24) is 4.57 Å². The Balaban J connectivity index is 1.11. The number of benzene rings is 1. The second-order valence-corrected chi connectivity index (χ2v) is 16.6. The summed E-state index contributed by atoms with van der Waals surface area (Å²) >= 11 is 3.49. The number of aromatic nitrogens is 2. The summed E-state index contributed by atoms with van der Waals surface area (Å²) in [6.45, 7) is 13.1. The van der Waals surface area contributed by atoms with Crippen LogP contribution in [0.1, 0.15) is 122 Å². The van der Waals surface area contributed by atoms with Crippen LogP contribution < -0.4 is 4.57 Å². The fourth-order valence-electron chi connectivity index (χ4n) is 10.6. The predicted molar refractivity (Wildman–Crippen MR) is 175 cm³/mol. The molecule has 0 amide bonds. The molecular formula is C38H54BrN2O+. The number of imidazole rings is 1. The number of hydrogen-bond acceptors (Lipinski definition) is 1. The molecule has 4 aliphatic rings. The number of hydrogen-bond donors (Lipinski definition) is 0. The molecule has 8 atom stereocenters. The maximum Gasteiger partial charge on any atom is 0.244 e. The van der Waals surface area contributed by atoms with E-state index in [-0.39, 0.29) is 5.78 Å². The summed E-state index contributed by atoms with van der Waals surface area (Å²) in [6.07, 6.45) is 24.3. The first-order valence-electron chi connectivity index (χ1n) is 17.1. The van der Waals surface area contributed by atoms with Gasteiger partial charge in [0.2, 0.25) is 12.1 Å². The molecule has 1 aromatic carbocycles. The van der Waals surface area contributed by atoms with Crippen LogP contribution in [-0.4, -0.2) is 10.4 Å². The molecule has 42 heavy (non-hydrogen) atoms. The molecule has 0 bridgehead atoms. The van der Waals surface area contributed by atoms with Crippen molar-refractivity contribution in [3.05, 3.63) is 64.7 Å². The van der Waals surface area contributed by atoms with E-state index in [2.05, 4.69) is 84.5 Å². The van der Waals surface area contributed by atoms with Gasteiger partial charge in [0.05, 0.1) is 0 Å². The highest BCUT2D eigenvalue weighted by molar-refractivity contribution is 9.10. The molecule has 0 spiro atoms. The van der Waals surface area contributed by atoms with Crippen molar-refractivity contribution in [2.24, 2.45) is 46.3 Å². The third-order valence-electron chi connectivity index (χ3n) is 12.9. The lowest BCUT2D eigenvalue weighted by atomic mass is 9.47. The average Bonchev–Trinajstić information content (AvgIpc) is 3.56. The van der Waals surface area contributed by atoms with Gasteiger partial charge in [0.15, 0.2) is 6.54 Å². The lowest BCUT2D eigenvalue weighted by Crippen LogP contribution is -2.50. The van der Waals surface area contributed by atoms with Crippen LogP contribution in [0, 0.1) is 46.3 Å². The molecule has 4 aliphatic carbocycles. The Kier molecular flexibility index (Phi) is 8.68. The fourth-order valence-corrected chi connectivity index (χ4v) is 11.0. The highest BCUT2D eigenvalue weighted by Crippen LogP contribution is 2.67. The van der Waals surface area contributed by atoms with Gasteiger partial charge in [0.25, 0.3) is 0 Å². The normalized spacial score (nSPS) is 34.8. The summed E-state index contributed by atoms with van der Waals surface area (Å²) in [7, 11) is 0. The standard InChI is InChI=1S/C38H54BrN2O/c1-26(2)8-6-9-27(3)33-14-15-34-32-13-12-29-23-31(16-18-37(29,4)35(32)17-19-38(33,34)5)41-21-20-40(25-41)24-36(42)28-10-7-11-30(39)22-28/h7,10-12,20-22,25-27,31-35H,6,8-9,13-19,23-24H2,1-5H3/q+1/t27-,31-,32+,33-,34+,35+,37+,38-/m1/s1. The lowest BCUT2D eigenvalue weighted by molar-refractivity contribution is -0.682. The molecule has 2 aromatic rings. The molecule has 1 heterocycles. The van der Waals surface area contributed by atoms with Gasteiger partial charge in [0.1, 0.15) is 18.4 Å². The van der Waals surface area contributed by atoms with Crippen molar-refractivity contribution in [1.29, 1.82) is 0 Å². The van der Waals surface area contributed by atoms with Crippen molar-refractivity contribution in [3.63, 3.8) is 0 Å². The molecule has 4 heteroatoms. The maximum absolute atomic E-state index is 12.9. The minimum atomic E-state index is 0.153. The van der Waals surface area contributed by atoms with Gasteiger partial charge >= 0.3 is 0 Å². The van der Waals surface area contributed by atoms with Gasteiger partial charge in [-0.05, 0) is 103 Å². The number of nitrogens with zero attached hydrogens (tertiary/aromatic N) is 2. The second kappa shape index (κ2) is 12.0. The van der Waals surface area contributed by atoms with Crippen LogP contribution in [0.5, 0.6) is 0 Å². The van der Waals surface area contributed by atoms with E-state index in [1.165, 1.54) is 70.6 Å². The van der Waals surface area contributed by atoms with E-state index in [0.717, 1.165) is 45.5 Å². The molecule has 0 unspecified atom stereocenters. The van der Waals surface area contributed by atoms with Gasteiger partial charge in [-0.3, -0.25) is 4.79 Å². The van der Waals surface area contributed by atoms with E-state index in [4.69, 9.17) is 0 Å². The summed E-state index contributed by atoms with van der Waals surface area (Å²) in [5.41, 5.74) is 3.44. The van der Waals surface area contributed by atoms with Crippen molar-refractivity contribution >= 4 is 21.7 Å². The molecule has 3 fully saturated rings. The number of Topliss-reactive ketones (excluding diaryl/α,β-unsaturated/α-hetero) is 1. The van der Waals surface area contributed by atoms with E-state index >= 15 is 0 Å². The quantitative estimate of drug-likeness (QED) is 0.153. The molecule has 228 valence electrons. The average molecular weight is 635 g/mol. The fraction of sp³-hybridized carbons (Fsp3) is 0.684. The number of rotatable bonds is 9. The van der Waals surface area contributed by atoms with Crippen molar-refractivity contribution in [2.45, 2.75) is 118 Å². The largest absolute Gasteiger partial charge is 0.290 e. The number of halogens is 1. The third kappa shape index (κ3) is 5.64. The number of carbonyl (C=O) groups excluding carboxylic acids is 1. The Morgan fingerprint density at radius 3 is 2.69 bits per heavy atom. The molecule has 0 saturated heterocycles. The smallest absolute Gasteiger partial charge is 0.244 e. The van der Waals surface area contributed by atoms with Crippen LogP contribution >= 0.6 is 15.9 Å². The zero-order valence-electron chi connectivity index (χ0n) is 26.8. The Morgan fingerprint density at radius 2 is 1.90 bits per heavy atom. The van der Waals surface area contributed by atoms with Crippen LogP contribution in [0.4, 0.5) is 0 Å². The van der Waals surface area contributed by atoms with Crippen LogP contribution in [0.3, 0.4) is 0 Å². The minimum Gasteiger partial charge on any atom is -0.290 e. The van der Waals surface area contributed by atoms with Crippen molar-refractivity contribution in [2.75, 3.05) is 0 Å². The van der Waals surface area contributed by atoms with E-state index < -0.39 is 0 Å². The van der Waals surface area contributed by atoms with Crippen LogP contribution in [0.25, 0.3) is 0 Å². The Morgan fingerprint density at radius 1 is 1.07 bits per heavy atom. The van der Waals surface area contributed by atoms with Crippen LogP contribution in [0.2, 0.25) is 0 Å². The number of fused-ring (bicyclic) bond motifs is 5. The first-order chi connectivity index (χ1) is 20.1. The van der Waals surface area contributed by atoms with Crippen LogP contribution in [-0.2, 0) is 6.54 Å². The minimum absolute atomic E-state index is 0.153. The number of ketones is 1. The highest BCUT2D eigenvalue weighted by Gasteiger charge is 2.59. The van der Waals surface area contributed by atoms with E-state index in [0.29, 0.717) is 23.4 Å². The molecule has 3 saturated carbocycles. The molecular weight excluding hydrogens is 580 g/mol. The molecule has 1 aromatic heterocycles. The first-order valence-corrected chi connectivity index (χ1v) is 17.9. The van der Waals surface area contributed by atoms with Gasteiger partial charge in [-0.15, -0.1) is 0 Å². The van der Waals surface area contributed by atoms with Gasteiger partial charge in [0, 0.05) is 16.5 Å². The topological polar surface area (TPSA) is 25.9 Å². The lowest BCUT2D eigenvalue weighted by Gasteiger charge is -2.58. The summed E-state index contributed by atoms with van der Waals surface area (Å²) in [5.74, 6) is 5.48. The number of allylic oxidation sites excluding steroid dienone is 2. The molecule has 6 rings (SSSR count). The van der Waals surface area contributed by atoms with Crippen molar-refractivity contribution in [3.8, 4) is 0 Å². The Hall–Kier alpha value is -1.68. The summed E-state index contributed by atoms with van der Waals surface area (Å²) in [6, 6.07) is 8.22. The monoisotopic (exact) mass is 633 g/mol. The molecule has 0 radical (unpaired) electrons. The molecule has 3 nitrogen and oxygen atoms in total. The molecule has 0 aliphatic heterocycles. The van der Waals surface area contributed by atoms with Crippen molar-refractivity contribution < 1.29 is 9.36 Å². The number of carbonyl (C=O) groups is 1. The third-order valence-corrected chi connectivity index (χ3v) is 13.4. The predicted octanol–water partition coefficient (Wildman–Crippen LogP) is 10.0. The van der Waals surface area contributed by atoms with Gasteiger partial charge in [-0.1, -0.05) is 93.6 Å². The first kappa shape index (κ1) is 30.4. The maximum atomic E-state index is 12.9. The Labute approximate surface area is 263 Å². The van der Waals surface area contributed by atoms with Gasteiger partial charge < -0.3 is 0 Å². The zero-order valence-corrected chi connectivity index (χ0v) is 28.4. The summed E-state index contributed by atoms with van der Waals surface area (Å²) < 4.78 is 5.40. The van der Waals surface area contributed by atoms with E-state index in [9.17, 15) is 4.79 Å². The highest BCUT2D eigenvalue weighted by atomic mass is 79.9. The van der Waals surface area contributed by atoms with Gasteiger partial charge in [-0.25, -0.2) is 9.13 Å². The Bertz CT molecular complexity index is 1310. The zero-order chi connectivity index (χ0) is 29.6. The van der Waals surface area contributed by atoms with E-state index in [1.807, 2.05) is 24.3 Å².